The van der Waals surface area contributed by atoms with E-state index in [1.165, 1.54) is 12.1 Å². The van der Waals surface area contributed by atoms with E-state index in [2.05, 4.69) is 0 Å². The van der Waals surface area contributed by atoms with Gasteiger partial charge in [0.25, 0.3) is 0 Å². The van der Waals surface area contributed by atoms with Crippen molar-refractivity contribution in [2.75, 3.05) is 0 Å². The topological polar surface area (TPSA) is 77.8 Å². The second-order valence-electron chi connectivity index (χ2n) is 6.93. The van der Waals surface area contributed by atoms with Gasteiger partial charge in [-0.25, -0.2) is 9.18 Å². The number of carboxylic acid groups (broad SMARTS) is 1. The first-order valence-electron chi connectivity index (χ1n) is 7.61. The highest BCUT2D eigenvalue weighted by atomic mass is 19.1. The summed E-state index contributed by atoms with van der Waals surface area (Å²) in [5, 5.41) is 30.3. The van der Waals surface area contributed by atoms with Crippen molar-refractivity contribution in [2.24, 2.45) is 5.92 Å². The number of hydrogen-bond donors (Lipinski definition) is 3. The van der Waals surface area contributed by atoms with Crippen LogP contribution in [0.4, 0.5) is 4.39 Å². The number of aromatic hydroxyl groups is 1. The molecule has 1 unspecified atom stereocenters. The van der Waals surface area contributed by atoms with Crippen LogP contribution in [0.25, 0.3) is 0 Å². The molecule has 5 heteroatoms. The molecule has 0 aliphatic heterocycles. The summed E-state index contributed by atoms with van der Waals surface area (Å²) in [6.45, 7) is 3.43. The molecule has 2 rings (SSSR count). The molecule has 1 aliphatic carbocycles. The van der Waals surface area contributed by atoms with E-state index in [1.54, 1.807) is 13.8 Å². The Labute approximate surface area is 129 Å². The van der Waals surface area contributed by atoms with Gasteiger partial charge in [0.1, 0.15) is 11.6 Å². The van der Waals surface area contributed by atoms with Crippen molar-refractivity contribution in [3.05, 3.63) is 29.6 Å². The number of rotatable bonds is 5. The van der Waals surface area contributed by atoms with E-state index in [0.29, 0.717) is 18.4 Å². The molecule has 4 nitrogen and oxygen atoms in total. The molecule has 0 spiro atoms. The molecule has 0 radical (unpaired) electrons. The van der Waals surface area contributed by atoms with E-state index in [-0.39, 0.29) is 18.1 Å². The van der Waals surface area contributed by atoms with Crippen LogP contribution in [0.15, 0.2) is 18.2 Å². The lowest BCUT2D eigenvalue weighted by Crippen LogP contribution is -2.49. The molecule has 1 aliphatic rings. The Morgan fingerprint density at radius 1 is 1.32 bits per heavy atom. The molecule has 0 amide bonds. The van der Waals surface area contributed by atoms with Gasteiger partial charge in [-0.15, -0.1) is 0 Å². The van der Waals surface area contributed by atoms with Gasteiger partial charge in [-0.05, 0) is 48.8 Å². The lowest BCUT2D eigenvalue weighted by atomic mass is 9.70. The average molecular weight is 310 g/mol. The van der Waals surface area contributed by atoms with Gasteiger partial charge in [0.2, 0.25) is 0 Å². The molecule has 0 saturated heterocycles. The minimum absolute atomic E-state index is 0.0724. The van der Waals surface area contributed by atoms with Crippen LogP contribution in [-0.4, -0.2) is 26.9 Å². The molecular formula is C17H23FO4. The summed E-state index contributed by atoms with van der Waals surface area (Å²) in [7, 11) is 0. The Hall–Kier alpha value is -1.62. The maximum absolute atomic E-state index is 13.5. The molecule has 0 aromatic heterocycles. The van der Waals surface area contributed by atoms with Crippen LogP contribution in [0.1, 0.15) is 51.5 Å². The zero-order valence-corrected chi connectivity index (χ0v) is 13.0. The van der Waals surface area contributed by atoms with Gasteiger partial charge in [-0.3, -0.25) is 0 Å². The Bertz CT molecular complexity index is 564. The Balaban J connectivity index is 2.35. The molecule has 1 atom stereocenters. The van der Waals surface area contributed by atoms with E-state index in [0.717, 1.165) is 18.9 Å². The zero-order chi connectivity index (χ0) is 16.5. The second kappa shape index (κ2) is 5.88. The highest BCUT2D eigenvalue weighted by Gasteiger charge is 2.49. The van der Waals surface area contributed by atoms with Crippen molar-refractivity contribution >= 4 is 5.97 Å². The Morgan fingerprint density at radius 3 is 2.45 bits per heavy atom. The normalized spacial score (nSPS) is 19.1. The van der Waals surface area contributed by atoms with Crippen LogP contribution >= 0.6 is 0 Å². The summed E-state index contributed by atoms with van der Waals surface area (Å²) in [5.41, 5.74) is -2.43. The zero-order valence-electron chi connectivity index (χ0n) is 13.0. The van der Waals surface area contributed by atoms with E-state index < -0.39 is 22.8 Å². The van der Waals surface area contributed by atoms with Crippen LogP contribution < -0.4 is 0 Å². The van der Waals surface area contributed by atoms with Gasteiger partial charge in [0.15, 0.2) is 5.60 Å². The monoisotopic (exact) mass is 310 g/mol. The van der Waals surface area contributed by atoms with Crippen LogP contribution in [-0.2, 0) is 10.2 Å². The number of hydrogen-bond acceptors (Lipinski definition) is 3. The lowest BCUT2D eigenvalue weighted by molar-refractivity contribution is -0.167. The van der Waals surface area contributed by atoms with E-state index in [1.807, 2.05) is 0 Å². The molecule has 0 bridgehead atoms. The fourth-order valence-electron chi connectivity index (χ4n) is 3.62. The van der Waals surface area contributed by atoms with Gasteiger partial charge in [0, 0.05) is 5.56 Å². The number of carbonyl (C=O) groups is 1. The third kappa shape index (κ3) is 3.09. The molecule has 122 valence electrons. The number of phenolic OH excluding ortho intramolecular Hbond substituents is 1. The SMILES string of the molecule is CC(C)(CC(O)(C(=O)O)C1CCCC1)c1cc(F)ccc1O. The number of halogens is 1. The van der Waals surface area contributed by atoms with Crippen molar-refractivity contribution < 1.29 is 24.5 Å². The fraction of sp³-hybridized carbons (Fsp3) is 0.588. The minimum atomic E-state index is -1.86. The number of aliphatic carboxylic acids is 1. The van der Waals surface area contributed by atoms with Gasteiger partial charge in [-0.2, -0.15) is 0 Å². The van der Waals surface area contributed by atoms with Crippen molar-refractivity contribution in [3.63, 3.8) is 0 Å². The number of benzene rings is 1. The van der Waals surface area contributed by atoms with Crippen LogP contribution in [0.3, 0.4) is 0 Å². The van der Waals surface area contributed by atoms with Crippen molar-refractivity contribution in [1.82, 2.24) is 0 Å². The predicted octanol–water partition coefficient (Wildman–Crippen LogP) is 3.20. The molecule has 1 fully saturated rings. The van der Waals surface area contributed by atoms with Gasteiger partial charge in [-0.1, -0.05) is 26.7 Å². The number of phenols is 1. The second-order valence-corrected chi connectivity index (χ2v) is 6.93. The molecule has 1 aromatic carbocycles. The van der Waals surface area contributed by atoms with Crippen molar-refractivity contribution in [1.29, 1.82) is 0 Å². The van der Waals surface area contributed by atoms with Crippen LogP contribution in [0.5, 0.6) is 5.75 Å². The Morgan fingerprint density at radius 2 is 1.91 bits per heavy atom. The standard InChI is InChI=1S/C17H23FO4/c1-16(2,13-9-12(18)7-8-14(13)19)10-17(22,15(20)21)11-5-3-4-6-11/h7-9,11,19,22H,3-6,10H2,1-2H3,(H,20,21). The van der Waals surface area contributed by atoms with E-state index >= 15 is 0 Å². The van der Waals surface area contributed by atoms with Gasteiger partial charge >= 0.3 is 5.97 Å². The fourth-order valence-corrected chi connectivity index (χ4v) is 3.62. The van der Waals surface area contributed by atoms with Crippen LogP contribution in [0, 0.1) is 11.7 Å². The van der Waals surface area contributed by atoms with Gasteiger partial charge < -0.3 is 15.3 Å². The summed E-state index contributed by atoms with van der Waals surface area (Å²) in [6, 6.07) is 3.60. The number of carboxylic acids is 1. The average Bonchev–Trinajstić information content (AvgIpc) is 2.95. The summed E-state index contributed by atoms with van der Waals surface area (Å²) >= 11 is 0. The summed E-state index contributed by atoms with van der Waals surface area (Å²) < 4.78 is 13.5. The highest BCUT2D eigenvalue weighted by Crippen LogP contribution is 2.44. The summed E-state index contributed by atoms with van der Waals surface area (Å²) in [4.78, 5) is 11.7. The molecule has 1 saturated carbocycles. The molecule has 3 N–H and O–H groups in total. The first kappa shape index (κ1) is 16.7. The molecule has 22 heavy (non-hydrogen) atoms. The Kier molecular flexibility index (Phi) is 4.47. The minimum Gasteiger partial charge on any atom is -0.508 e. The highest BCUT2D eigenvalue weighted by molar-refractivity contribution is 5.78. The molecular weight excluding hydrogens is 287 g/mol. The molecule has 1 aromatic rings. The first-order chi connectivity index (χ1) is 10.2. The maximum Gasteiger partial charge on any atom is 0.335 e. The quantitative estimate of drug-likeness (QED) is 0.780. The number of aliphatic hydroxyl groups is 1. The first-order valence-corrected chi connectivity index (χ1v) is 7.61. The van der Waals surface area contributed by atoms with Crippen LogP contribution in [0.2, 0.25) is 0 Å². The van der Waals surface area contributed by atoms with E-state index in [4.69, 9.17) is 0 Å². The third-order valence-corrected chi connectivity index (χ3v) is 4.80. The van der Waals surface area contributed by atoms with Crippen molar-refractivity contribution in [2.45, 2.75) is 57.0 Å². The summed E-state index contributed by atoms with van der Waals surface area (Å²) in [6.07, 6.45) is 3.09. The molecule has 0 heterocycles. The van der Waals surface area contributed by atoms with Crippen molar-refractivity contribution in [3.8, 4) is 5.75 Å². The largest absolute Gasteiger partial charge is 0.508 e. The van der Waals surface area contributed by atoms with E-state index in [9.17, 15) is 24.5 Å². The smallest absolute Gasteiger partial charge is 0.335 e. The lowest BCUT2D eigenvalue weighted by Gasteiger charge is -2.37. The maximum atomic E-state index is 13.5. The summed E-state index contributed by atoms with van der Waals surface area (Å²) in [5.74, 6) is -2.14. The van der Waals surface area contributed by atoms with Gasteiger partial charge in [0.05, 0.1) is 0 Å². The third-order valence-electron chi connectivity index (χ3n) is 4.80. The predicted molar refractivity (Wildman–Crippen MR) is 80.3 cm³/mol.